The molecule has 2 aromatic carbocycles. The summed E-state index contributed by atoms with van der Waals surface area (Å²) in [6.07, 6.45) is 1.00. The Hall–Kier alpha value is -1.51. The van der Waals surface area contributed by atoms with Crippen LogP contribution in [0.2, 0.25) is 10.0 Å². The number of benzene rings is 2. The Morgan fingerprint density at radius 2 is 1.95 bits per heavy atom. The molecule has 0 aromatic heterocycles. The summed E-state index contributed by atoms with van der Waals surface area (Å²) in [4.78, 5) is 5.39. The molecule has 2 rings (SSSR count). The zero-order chi connectivity index (χ0) is 15.2. The Bertz CT molecular complexity index is 653. The molecular formula is C17H17Cl2NO. The van der Waals surface area contributed by atoms with Gasteiger partial charge >= 0.3 is 0 Å². The minimum absolute atomic E-state index is 0.320. The summed E-state index contributed by atoms with van der Waals surface area (Å²) in [7, 11) is 0. The van der Waals surface area contributed by atoms with Crippen molar-refractivity contribution in [1.29, 1.82) is 0 Å². The van der Waals surface area contributed by atoms with E-state index in [1.165, 1.54) is 5.56 Å². The first-order valence-corrected chi connectivity index (χ1v) is 7.55. The maximum absolute atomic E-state index is 6.09. The Morgan fingerprint density at radius 1 is 1.14 bits per heavy atom. The molecule has 0 amide bonds. The highest BCUT2D eigenvalue weighted by atomic mass is 35.5. The third-order valence-corrected chi connectivity index (χ3v) is 3.78. The van der Waals surface area contributed by atoms with Gasteiger partial charge < -0.3 is 4.84 Å². The van der Waals surface area contributed by atoms with Crippen molar-refractivity contribution in [3.63, 3.8) is 0 Å². The fourth-order valence-electron chi connectivity index (χ4n) is 1.91. The van der Waals surface area contributed by atoms with E-state index in [2.05, 4.69) is 24.2 Å². The van der Waals surface area contributed by atoms with Crippen LogP contribution in [0.15, 0.2) is 47.6 Å². The zero-order valence-corrected chi connectivity index (χ0v) is 13.6. The maximum Gasteiger partial charge on any atom is 0.143 e. The SMILES string of the molecule is CCc1cccc(C(C)=NOCc2ccc(Cl)cc2Cl)c1. The van der Waals surface area contributed by atoms with E-state index >= 15 is 0 Å². The molecule has 0 spiro atoms. The Labute approximate surface area is 135 Å². The summed E-state index contributed by atoms with van der Waals surface area (Å²) >= 11 is 11.9. The van der Waals surface area contributed by atoms with Crippen LogP contribution in [0.25, 0.3) is 0 Å². The van der Waals surface area contributed by atoms with E-state index in [9.17, 15) is 0 Å². The van der Waals surface area contributed by atoms with Crippen molar-refractivity contribution in [3.8, 4) is 0 Å². The number of hydrogen-bond acceptors (Lipinski definition) is 2. The number of rotatable bonds is 5. The fourth-order valence-corrected chi connectivity index (χ4v) is 2.37. The molecule has 21 heavy (non-hydrogen) atoms. The van der Waals surface area contributed by atoms with Gasteiger partial charge in [-0.15, -0.1) is 0 Å². The molecule has 2 aromatic rings. The predicted octanol–water partition coefficient (Wildman–Crippen LogP) is 5.50. The van der Waals surface area contributed by atoms with Crippen LogP contribution in [0.5, 0.6) is 0 Å². The zero-order valence-electron chi connectivity index (χ0n) is 12.1. The third kappa shape index (κ3) is 4.48. The van der Waals surface area contributed by atoms with Crippen molar-refractivity contribution < 1.29 is 4.84 Å². The molecule has 0 unspecified atom stereocenters. The smallest absolute Gasteiger partial charge is 0.143 e. The van der Waals surface area contributed by atoms with Crippen LogP contribution in [0.3, 0.4) is 0 Å². The van der Waals surface area contributed by atoms with Crippen LogP contribution >= 0.6 is 23.2 Å². The van der Waals surface area contributed by atoms with Crippen molar-refractivity contribution in [2.24, 2.45) is 5.16 Å². The highest BCUT2D eigenvalue weighted by Gasteiger charge is 2.03. The van der Waals surface area contributed by atoms with Crippen LogP contribution < -0.4 is 0 Å². The van der Waals surface area contributed by atoms with Crippen molar-refractivity contribution in [1.82, 2.24) is 0 Å². The summed E-state index contributed by atoms with van der Waals surface area (Å²) in [6.45, 7) is 4.38. The second-order valence-corrected chi connectivity index (χ2v) is 5.58. The molecule has 0 saturated carbocycles. The van der Waals surface area contributed by atoms with Gasteiger partial charge in [-0.2, -0.15) is 0 Å². The monoisotopic (exact) mass is 321 g/mol. The van der Waals surface area contributed by atoms with Gasteiger partial charge in [0, 0.05) is 15.6 Å². The molecule has 110 valence electrons. The van der Waals surface area contributed by atoms with Gasteiger partial charge in [0.1, 0.15) is 6.61 Å². The molecule has 0 aliphatic heterocycles. The Balaban J connectivity index is 2.03. The number of oxime groups is 1. The summed E-state index contributed by atoms with van der Waals surface area (Å²) in [5.41, 5.74) is 4.05. The number of nitrogens with zero attached hydrogens (tertiary/aromatic N) is 1. The van der Waals surface area contributed by atoms with Crippen LogP contribution in [0.4, 0.5) is 0 Å². The number of hydrogen-bond donors (Lipinski definition) is 0. The van der Waals surface area contributed by atoms with E-state index in [1.807, 2.05) is 25.1 Å². The lowest BCUT2D eigenvalue weighted by Gasteiger charge is -2.06. The first kappa shape index (κ1) is 15.9. The fraction of sp³-hybridized carbons (Fsp3) is 0.235. The molecule has 0 atom stereocenters. The molecule has 0 bridgehead atoms. The van der Waals surface area contributed by atoms with Crippen LogP contribution in [-0.2, 0) is 17.9 Å². The quantitative estimate of drug-likeness (QED) is 0.526. The van der Waals surface area contributed by atoms with E-state index < -0.39 is 0 Å². The van der Waals surface area contributed by atoms with Crippen LogP contribution in [0.1, 0.15) is 30.5 Å². The van der Waals surface area contributed by atoms with Crippen molar-refractivity contribution in [2.75, 3.05) is 0 Å². The highest BCUT2D eigenvalue weighted by Crippen LogP contribution is 2.21. The van der Waals surface area contributed by atoms with Gasteiger partial charge in [-0.05, 0) is 42.7 Å². The summed E-state index contributed by atoms with van der Waals surface area (Å²) in [5, 5.41) is 5.35. The van der Waals surface area contributed by atoms with Gasteiger partial charge in [0.25, 0.3) is 0 Å². The average Bonchev–Trinajstić information content (AvgIpc) is 2.49. The van der Waals surface area contributed by atoms with E-state index in [0.717, 1.165) is 23.3 Å². The molecule has 0 heterocycles. The van der Waals surface area contributed by atoms with E-state index in [-0.39, 0.29) is 0 Å². The number of halogens is 2. The molecular weight excluding hydrogens is 305 g/mol. The van der Waals surface area contributed by atoms with Crippen molar-refractivity contribution in [2.45, 2.75) is 26.9 Å². The Kier molecular flexibility index (Phi) is 5.66. The highest BCUT2D eigenvalue weighted by molar-refractivity contribution is 6.35. The summed E-state index contributed by atoms with van der Waals surface area (Å²) < 4.78 is 0. The lowest BCUT2D eigenvalue weighted by molar-refractivity contribution is 0.130. The van der Waals surface area contributed by atoms with Gasteiger partial charge in [-0.25, -0.2) is 0 Å². The van der Waals surface area contributed by atoms with Gasteiger partial charge in [-0.1, -0.05) is 59.5 Å². The minimum Gasteiger partial charge on any atom is -0.391 e. The van der Waals surface area contributed by atoms with Gasteiger partial charge in [-0.3, -0.25) is 0 Å². The molecule has 0 aliphatic carbocycles. The minimum atomic E-state index is 0.320. The molecule has 0 aliphatic rings. The topological polar surface area (TPSA) is 21.6 Å². The van der Waals surface area contributed by atoms with Crippen LogP contribution in [0, 0.1) is 0 Å². The number of aryl methyl sites for hydroxylation is 1. The van der Waals surface area contributed by atoms with E-state index in [1.54, 1.807) is 12.1 Å². The molecule has 0 saturated heterocycles. The average molecular weight is 322 g/mol. The molecule has 0 N–H and O–H groups in total. The molecule has 0 radical (unpaired) electrons. The predicted molar refractivity (Wildman–Crippen MR) is 89.3 cm³/mol. The van der Waals surface area contributed by atoms with Gasteiger partial charge in [0.05, 0.1) is 5.71 Å². The van der Waals surface area contributed by atoms with Gasteiger partial charge in [0.15, 0.2) is 0 Å². The Morgan fingerprint density at radius 3 is 2.67 bits per heavy atom. The maximum atomic E-state index is 6.09. The summed E-state index contributed by atoms with van der Waals surface area (Å²) in [6, 6.07) is 13.6. The van der Waals surface area contributed by atoms with Crippen LogP contribution in [-0.4, -0.2) is 5.71 Å². The van der Waals surface area contributed by atoms with E-state index in [4.69, 9.17) is 28.0 Å². The lowest BCUT2D eigenvalue weighted by Crippen LogP contribution is -1.98. The third-order valence-electron chi connectivity index (χ3n) is 3.19. The second-order valence-electron chi connectivity index (χ2n) is 4.74. The lowest BCUT2D eigenvalue weighted by atomic mass is 10.1. The van der Waals surface area contributed by atoms with Gasteiger partial charge in [0.2, 0.25) is 0 Å². The first-order valence-electron chi connectivity index (χ1n) is 6.80. The largest absolute Gasteiger partial charge is 0.391 e. The second kappa shape index (κ2) is 7.48. The van der Waals surface area contributed by atoms with Crippen molar-refractivity contribution in [3.05, 3.63) is 69.2 Å². The molecule has 4 heteroatoms. The normalized spacial score (nSPS) is 11.5. The van der Waals surface area contributed by atoms with Crippen molar-refractivity contribution >= 4 is 28.9 Å². The first-order chi connectivity index (χ1) is 10.1. The standard InChI is InChI=1S/C17H17Cl2NO/c1-3-13-5-4-6-14(9-13)12(2)20-21-11-15-7-8-16(18)10-17(15)19/h4-10H,3,11H2,1-2H3. The molecule has 2 nitrogen and oxygen atoms in total. The van der Waals surface area contributed by atoms with E-state index in [0.29, 0.717) is 16.7 Å². The summed E-state index contributed by atoms with van der Waals surface area (Å²) in [5.74, 6) is 0. The molecule has 0 fully saturated rings.